The predicted molar refractivity (Wildman–Crippen MR) is 111 cm³/mol. The number of aryl methyl sites for hydroxylation is 1. The Hall–Kier alpha value is -2.75. The molecule has 1 aromatic heterocycles. The van der Waals surface area contributed by atoms with Gasteiger partial charge in [0, 0.05) is 23.7 Å². The Morgan fingerprint density at radius 1 is 1.07 bits per heavy atom. The van der Waals surface area contributed by atoms with Crippen molar-refractivity contribution in [3.05, 3.63) is 71.7 Å². The molecule has 1 aliphatic carbocycles. The van der Waals surface area contributed by atoms with Gasteiger partial charge in [0.1, 0.15) is 5.82 Å². The summed E-state index contributed by atoms with van der Waals surface area (Å²) in [5.41, 5.74) is 4.35. The zero-order chi connectivity index (χ0) is 19.5. The minimum Gasteiger partial charge on any atom is -0.326 e. The number of hydrogen-bond acceptors (Lipinski definition) is 2. The fourth-order valence-corrected chi connectivity index (χ4v) is 4.39. The Kier molecular flexibility index (Phi) is 5.38. The molecule has 3 aromatic rings. The molecule has 144 valence electrons. The molecular weight excluding hydrogens is 351 g/mol. The van der Waals surface area contributed by atoms with Crippen LogP contribution in [-0.2, 0) is 4.79 Å². The van der Waals surface area contributed by atoms with Gasteiger partial charge in [0.2, 0.25) is 5.91 Å². The number of hydrogen-bond donors (Lipinski definition) is 1. The van der Waals surface area contributed by atoms with Gasteiger partial charge in [0.05, 0.1) is 5.52 Å². The Morgan fingerprint density at radius 2 is 1.82 bits per heavy atom. The van der Waals surface area contributed by atoms with E-state index in [0.717, 1.165) is 31.2 Å². The molecule has 0 saturated heterocycles. The summed E-state index contributed by atoms with van der Waals surface area (Å²) >= 11 is 0. The molecule has 3 nitrogen and oxygen atoms in total. The monoisotopic (exact) mass is 376 g/mol. The second kappa shape index (κ2) is 8.09. The molecule has 1 aliphatic rings. The van der Waals surface area contributed by atoms with E-state index >= 15 is 0 Å². The SMILES string of the molecule is Cc1cccc2c(C3CCC(CC(=O)Nc4ccc(F)cc4)CC3)ccnc12. The highest BCUT2D eigenvalue weighted by Gasteiger charge is 2.25. The lowest BCUT2D eigenvalue weighted by Gasteiger charge is -2.29. The summed E-state index contributed by atoms with van der Waals surface area (Å²) < 4.78 is 13.0. The molecule has 1 heterocycles. The zero-order valence-electron chi connectivity index (χ0n) is 16.1. The Labute approximate surface area is 165 Å². The molecule has 0 atom stereocenters. The summed E-state index contributed by atoms with van der Waals surface area (Å²) in [6.45, 7) is 2.11. The number of nitrogens with one attached hydrogen (secondary N) is 1. The van der Waals surface area contributed by atoms with Crippen molar-refractivity contribution in [3.8, 4) is 0 Å². The first-order chi connectivity index (χ1) is 13.6. The summed E-state index contributed by atoms with van der Waals surface area (Å²) in [6.07, 6.45) is 6.75. The number of aromatic nitrogens is 1. The molecule has 4 heteroatoms. The highest BCUT2D eigenvalue weighted by Crippen LogP contribution is 2.39. The van der Waals surface area contributed by atoms with Crippen molar-refractivity contribution in [2.24, 2.45) is 5.92 Å². The molecule has 2 aromatic carbocycles. The zero-order valence-corrected chi connectivity index (χ0v) is 16.1. The third-order valence-electron chi connectivity index (χ3n) is 5.90. The molecule has 1 saturated carbocycles. The third-order valence-corrected chi connectivity index (χ3v) is 5.90. The molecule has 0 bridgehead atoms. The van der Waals surface area contributed by atoms with Gasteiger partial charge in [-0.2, -0.15) is 0 Å². The van der Waals surface area contributed by atoms with E-state index in [0.29, 0.717) is 23.9 Å². The molecule has 1 fully saturated rings. The maximum atomic E-state index is 13.0. The Balaban J connectivity index is 1.37. The lowest BCUT2D eigenvalue weighted by atomic mass is 9.76. The van der Waals surface area contributed by atoms with Gasteiger partial charge in [-0.25, -0.2) is 4.39 Å². The van der Waals surface area contributed by atoms with Crippen molar-refractivity contribution in [2.45, 2.75) is 44.9 Å². The summed E-state index contributed by atoms with van der Waals surface area (Å²) in [5, 5.41) is 4.14. The maximum absolute atomic E-state index is 13.0. The molecule has 0 aliphatic heterocycles. The van der Waals surface area contributed by atoms with E-state index in [-0.39, 0.29) is 11.7 Å². The minimum atomic E-state index is -0.296. The van der Waals surface area contributed by atoms with Gasteiger partial charge in [0.25, 0.3) is 0 Å². The Morgan fingerprint density at radius 3 is 2.57 bits per heavy atom. The standard InChI is InChI=1S/C24H25FN2O/c1-16-3-2-4-22-21(13-14-26-24(16)22)18-7-5-17(6-8-18)15-23(28)27-20-11-9-19(25)10-12-20/h2-4,9-14,17-18H,5-8,15H2,1H3,(H,27,28). The first kappa shape index (κ1) is 18.6. The Bertz CT molecular complexity index is 976. The van der Waals surface area contributed by atoms with Crippen LogP contribution in [-0.4, -0.2) is 10.9 Å². The van der Waals surface area contributed by atoms with Crippen molar-refractivity contribution < 1.29 is 9.18 Å². The van der Waals surface area contributed by atoms with E-state index in [4.69, 9.17) is 0 Å². The van der Waals surface area contributed by atoms with E-state index < -0.39 is 0 Å². The van der Waals surface area contributed by atoms with Gasteiger partial charge in [-0.05, 0) is 85.9 Å². The number of anilines is 1. The van der Waals surface area contributed by atoms with Gasteiger partial charge in [0.15, 0.2) is 0 Å². The van der Waals surface area contributed by atoms with Gasteiger partial charge in [-0.3, -0.25) is 9.78 Å². The number of pyridine rings is 1. The van der Waals surface area contributed by atoms with Crippen LogP contribution in [0, 0.1) is 18.7 Å². The number of carbonyl (C=O) groups excluding carboxylic acids is 1. The van der Waals surface area contributed by atoms with Crippen molar-refractivity contribution in [1.82, 2.24) is 4.98 Å². The minimum absolute atomic E-state index is 0.0139. The van der Waals surface area contributed by atoms with E-state index in [2.05, 4.69) is 41.5 Å². The van der Waals surface area contributed by atoms with Crippen LogP contribution < -0.4 is 5.32 Å². The average Bonchev–Trinajstić information content (AvgIpc) is 2.70. The fraction of sp³-hybridized carbons (Fsp3) is 0.333. The van der Waals surface area contributed by atoms with Crippen LogP contribution in [0.1, 0.15) is 49.1 Å². The second-order valence-electron chi connectivity index (χ2n) is 7.85. The first-order valence-corrected chi connectivity index (χ1v) is 10.00. The van der Waals surface area contributed by atoms with Crippen LogP contribution >= 0.6 is 0 Å². The van der Waals surface area contributed by atoms with Crippen LogP contribution in [0.2, 0.25) is 0 Å². The van der Waals surface area contributed by atoms with Crippen LogP contribution in [0.25, 0.3) is 10.9 Å². The summed E-state index contributed by atoms with van der Waals surface area (Å²) in [6, 6.07) is 14.5. The van der Waals surface area contributed by atoms with Gasteiger partial charge < -0.3 is 5.32 Å². The topological polar surface area (TPSA) is 42.0 Å². The fourth-order valence-electron chi connectivity index (χ4n) is 4.39. The van der Waals surface area contributed by atoms with Gasteiger partial charge in [-0.15, -0.1) is 0 Å². The van der Waals surface area contributed by atoms with Gasteiger partial charge >= 0.3 is 0 Å². The maximum Gasteiger partial charge on any atom is 0.224 e. The quantitative estimate of drug-likeness (QED) is 0.608. The van der Waals surface area contributed by atoms with E-state index in [1.165, 1.54) is 28.6 Å². The number of rotatable bonds is 4. The molecule has 1 amide bonds. The van der Waals surface area contributed by atoms with Crippen molar-refractivity contribution >= 4 is 22.5 Å². The molecule has 0 spiro atoms. The summed E-state index contributed by atoms with van der Waals surface area (Å²) in [5.74, 6) is 0.658. The lowest BCUT2D eigenvalue weighted by molar-refractivity contribution is -0.117. The average molecular weight is 376 g/mol. The first-order valence-electron chi connectivity index (χ1n) is 10.00. The molecule has 4 rings (SSSR count). The van der Waals surface area contributed by atoms with Crippen molar-refractivity contribution in [1.29, 1.82) is 0 Å². The van der Waals surface area contributed by atoms with Crippen molar-refractivity contribution in [3.63, 3.8) is 0 Å². The largest absolute Gasteiger partial charge is 0.326 e. The number of halogens is 1. The molecule has 28 heavy (non-hydrogen) atoms. The third kappa shape index (κ3) is 4.06. The molecular formula is C24H25FN2O. The number of para-hydroxylation sites is 1. The number of benzene rings is 2. The smallest absolute Gasteiger partial charge is 0.224 e. The van der Waals surface area contributed by atoms with E-state index in [1.807, 2.05) is 6.20 Å². The predicted octanol–water partition coefficient (Wildman–Crippen LogP) is 5.98. The van der Waals surface area contributed by atoms with Crippen LogP contribution in [0.3, 0.4) is 0 Å². The summed E-state index contributed by atoms with van der Waals surface area (Å²) in [4.78, 5) is 16.9. The van der Waals surface area contributed by atoms with Crippen LogP contribution in [0.5, 0.6) is 0 Å². The molecule has 1 N–H and O–H groups in total. The number of fused-ring (bicyclic) bond motifs is 1. The normalized spacial score (nSPS) is 19.5. The van der Waals surface area contributed by atoms with Crippen LogP contribution in [0.15, 0.2) is 54.7 Å². The van der Waals surface area contributed by atoms with E-state index in [9.17, 15) is 9.18 Å². The molecule has 0 unspecified atom stereocenters. The second-order valence-corrected chi connectivity index (χ2v) is 7.85. The highest BCUT2D eigenvalue weighted by molar-refractivity contribution is 5.90. The highest BCUT2D eigenvalue weighted by atomic mass is 19.1. The lowest BCUT2D eigenvalue weighted by Crippen LogP contribution is -2.20. The van der Waals surface area contributed by atoms with E-state index in [1.54, 1.807) is 12.1 Å². The van der Waals surface area contributed by atoms with Crippen molar-refractivity contribution in [2.75, 3.05) is 5.32 Å². The number of nitrogens with zero attached hydrogens (tertiary/aromatic N) is 1. The van der Waals surface area contributed by atoms with Crippen LogP contribution in [0.4, 0.5) is 10.1 Å². The number of carbonyl (C=O) groups is 1. The summed E-state index contributed by atoms with van der Waals surface area (Å²) in [7, 11) is 0. The number of amides is 1. The molecule has 0 radical (unpaired) electrons. The van der Waals surface area contributed by atoms with Gasteiger partial charge in [-0.1, -0.05) is 18.2 Å².